The molecule has 0 fully saturated rings. The van der Waals surface area contributed by atoms with Gasteiger partial charge >= 0.3 is 0 Å². The molecule has 0 bridgehead atoms. The number of rotatable bonds is 6. The molecule has 3 aromatic carbocycles. The second kappa shape index (κ2) is 9.78. The zero-order valence-corrected chi connectivity index (χ0v) is 19.9. The van der Waals surface area contributed by atoms with Crippen molar-refractivity contribution in [2.45, 2.75) is 45.8 Å². The monoisotopic (exact) mass is 449 g/mol. The van der Waals surface area contributed by atoms with Gasteiger partial charge in [0, 0.05) is 26.1 Å². The van der Waals surface area contributed by atoms with Gasteiger partial charge in [-0.1, -0.05) is 91.9 Å². The van der Waals surface area contributed by atoms with E-state index >= 15 is 0 Å². The van der Waals surface area contributed by atoms with Crippen molar-refractivity contribution in [3.8, 4) is 0 Å². The highest BCUT2D eigenvalue weighted by Gasteiger charge is 2.26. The lowest BCUT2D eigenvalue weighted by Crippen LogP contribution is -2.40. The maximum Gasteiger partial charge on any atom is 0.259 e. The van der Waals surface area contributed by atoms with Gasteiger partial charge in [-0.25, -0.2) is 4.98 Å². The number of hydrogen-bond acceptors (Lipinski definition) is 3. The van der Waals surface area contributed by atoms with E-state index in [2.05, 4.69) is 60.4 Å². The molecule has 4 aromatic rings. The minimum Gasteiger partial charge on any atom is -0.294 e. The third-order valence-corrected chi connectivity index (χ3v) is 6.84. The average Bonchev–Trinajstić information content (AvgIpc) is 2.88. The summed E-state index contributed by atoms with van der Waals surface area (Å²) in [5.74, 6) is 0.769. The summed E-state index contributed by atoms with van der Waals surface area (Å²) in [7, 11) is 0. The van der Waals surface area contributed by atoms with Gasteiger partial charge in [0.2, 0.25) is 0 Å². The zero-order chi connectivity index (χ0) is 23.5. The lowest BCUT2D eigenvalue weighted by Gasteiger charge is -2.30. The van der Waals surface area contributed by atoms with E-state index in [1.807, 2.05) is 47.9 Å². The van der Waals surface area contributed by atoms with Crippen molar-refractivity contribution >= 4 is 0 Å². The fraction of sp³-hybridized carbons (Fsp3) is 0.267. The molecule has 0 N–H and O–H groups in total. The summed E-state index contributed by atoms with van der Waals surface area (Å²) in [6, 6.07) is 29.1. The van der Waals surface area contributed by atoms with Crippen LogP contribution in [0.15, 0.2) is 89.7 Å². The Bertz CT molecular complexity index is 1270. The largest absolute Gasteiger partial charge is 0.294 e. The summed E-state index contributed by atoms with van der Waals surface area (Å²) in [6.07, 6.45) is 1.85. The third kappa shape index (κ3) is 4.46. The lowest BCUT2D eigenvalue weighted by atomic mass is 9.97. The summed E-state index contributed by atoms with van der Waals surface area (Å²) >= 11 is 0. The van der Waals surface area contributed by atoms with E-state index in [1.54, 1.807) is 0 Å². The lowest BCUT2D eigenvalue weighted by molar-refractivity contribution is 0.240. The first-order chi connectivity index (χ1) is 16.6. The third-order valence-electron chi connectivity index (χ3n) is 6.84. The number of benzene rings is 3. The molecule has 0 saturated carbocycles. The Labute approximate surface area is 201 Å². The number of aromatic nitrogens is 2. The summed E-state index contributed by atoms with van der Waals surface area (Å²) < 4.78 is 1.89. The van der Waals surface area contributed by atoms with Crippen molar-refractivity contribution < 1.29 is 0 Å². The van der Waals surface area contributed by atoms with Crippen LogP contribution in [0.3, 0.4) is 0 Å². The molecule has 1 aliphatic rings. The van der Waals surface area contributed by atoms with E-state index < -0.39 is 0 Å². The van der Waals surface area contributed by atoms with Crippen molar-refractivity contribution in [2.75, 3.05) is 6.54 Å². The van der Waals surface area contributed by atoms with Gasteiger partial charge in [-0.15, -0.1) is 0 Å². The van der Waals surface area contributed by atoms with E-state index in [4.69, 9.17) is 4.98 Å². The van der Waals surface area contributed by atoms with Crippen LogP contribution in [0.2, 0.25) is 0 Å². The van der Waals surface area contributed by atoms with Crippen LogP contribution in [0.4, 0.5) is 0 Å². The molecule has 2 heterocycles. The standard InChI is InChI=1S/C30H31N3O/c1-3-23-14-16-24(17-15-23)20-32-19-18-28-27(21-32)30(34)33(22(2)31-28)29(25-10-6-4-7-11-25)26-12-8-5-9-13-26/h4-17,29H,3,18-21H2,1-2H3. The van der Waals surface area contributed by atoms with E-state index in [0.29, 0.717) is 6.54 Å². The number of fused-ring (bicyclic) bond motifs is 1. The molecular formula is C30H31N3O. The van der Waals surface area contributed by atoms with Gasteiger partial charge in [0.05, 0.1) is 17.3 Å². The minimum absolute atomic E-state index is 0.0752. The topological polar surface area (TPSA) is 38.1 Å². The quantitative estimate of drug-likeness (QED) is 0.400. The second-order valence-electron chi connectivity index (χ2n) is 9.11. The van der Waals surface area contributed by atoms with Crippen LogP contribution >= 0.6 is 0 Å². The highest BCUT2D eigenvalue weighted by Crippen LogP contribution is 2.27. The molecule has 4 heteroatoms. The Morgan fingerprint density at radius 1 is 0.853 bits per heavy atom. The molecule has 0 aliphatic carbocycles. The van der Waals surface area contributed by atoms with E-state index in [0.717, 1.165) is 54.1 Å². The Kier molecular flexibility index (Phi) is 6.41. The van der Waals surface area contributed by atoms with Gasteiger partial charge in [0.25, 0.3) is 5.56 Å². The molecule has 0 unspecified atom stereocenters. The van der Waals surface area contributed by atoms with Crippen LogP contribution in [-0.4, -0.2) is 21.0 Å². The van der Waals surface area contributed by atoms with Crippen molar-refractivity contribution in [1.29, 1.82) is 0 Å². The highest BCUT2D eigenvalue weighted by atomic mass is 16.1. The molecular weight excluding hydrogens is 418 g/mol. The molecule has 1 aliphatic heterocycles. The summed E-state index contributed by atoms with van der Waals surface area (Å²) in [6.45, 7) is 6.53. The van der Waals surface area contributed by atoms with Gasteiger partial charge < -0.3 is 0 Å². The Morgan fingerprint density at radius 3 is 2.03 bits per heavy atom. The molecule has 5 rings (SSSR count). The second-order valence-corrected chi connectivity index (χ2v) is 9.11. The molecule has 0 atom stereocenters. The smallest absolute Gasteiger partial charge is 0.259 e. The summed E-state index contributed by atoms with van der Waals surface area (Å²) in [4.78, 5) is 21.3. The molecule has 0 saturated heterocycles. The van der Waals surface area contributed by atoms with Crippen LogP contribution in [0.1, 0.15) is 52.3 Å². The van der Waals surface area contributed by atoms with Crippen molar-refractivity contribution in [3.05, 3.63) is 135 Å². The average molecular weight is 450 g/mol. The van der Waals surface area contributed by atoms with Crippen LogP contribution < -0.4 is 5.56 Å². The first-order valence-electron chi connectivity index (χ1n) is 12.1. The molecule has 0 spiro atoms. The van der Waals surface area contributed by atoms with E-state index in [1.165, 1.54) is 11.1 Å². The zero-order valence-electron chi connectivity index (χ0n) is 19.9. The fourth-order valence-electron chi connectivity index (χ4n) is 5.00. The van der Waals surface area contributed by atoms with Crippen molar-refractivity contribution in [1.82, 2.24) is 14.5 Å². The SMILES string of the molecule is CCc1ccc(CN2CCc3nc(C)n(C(c4ccccc4)c4ccccc4)c(=O)c3C2)cc1. The van der Waals surface area contributed by atoms with E-state index in [-0.39, 0.29) is 11.6 Å². The Hall–Kier alpha value is -3.50. The van der Waals surface area contributed by atoms with Gasteiger partial charge in [-0.2, -0.15) is 0 Å². The van der Waals surface area contributed by atoms with Crippen LogP contribution in [0.25, 0.3) is 0 Å². The molecule has 172 valence electrons. The Morgan fingerprint density at radius 2 is 1.44 bits per heavy atom. The maximum absolute atomic E-state index is 14.0. The highest BCUT2D eigenvalue weighted by molar-refractivity contribution is 5.35. The van der Waals surface area contributed by atoms with Gasteiger partial charge in [-0.3, -0.25) is 14.3 Å². The number of nitrogens with zero attached hydrogens (tertiary/aromatic N) is 3. The van der Waals surface area contributed by atoms with Gasteiger partial charge in [0.15, 0.2) is 0 Å². The first-order valence-corrected chi connectivity index (χ1v) is 12.1. The number of aryl methyl sites for hydroxylation is 2. The summed E-state index contributed by atoms with van der Waals surface area (Å²) in [5, 5.41) is 0. The fourth-order valence-corrected chi connectivity index (χ4v) is 5.00. The minimum atomic E-state index is -0.204. The van der Waals surface area contributed by atoms with Crippen molar-refractivity contribution in [2.24, 2.45) is 0 Å². The normalized spacial score (nSPS) is 13.7. The molecule has 4 nitrogen and oxygen atoms in total. The molecule has 0 amide bonds. The van der Waals surface area contributed by atoms with Crippen LogP contribution in [0.5, 0.6) is 0 Å². The van der Waals surface area contributed by atoms with Gasteiger partial charge in [0.1, 0.15) is 5.82 Å². The van der Waals surface area contributed by atoms with Crippen LogP contribution in [0, 0.1) is 6.92 Å². The predicted molar refractivity (Wildman–Crippen MR) is 137 cm³/mol. The summed E-state index contributed by atoms with van der Waals surface area (Å²) in [5.41, 5.74) is 6.67. The molecule has 34 heavy (non-hydrogen) atoms. The molecule has 0 radical (unpaired) electrons. The maximum atomic E-state index is 14.0. The Balaban J connectivity index is 1.52. The molecule has 1 aromatic heterocycles. The van der Waals surface area contributed by atoms with E-state index in [9.17, 15) is 4.79 Å². The van der Waals surface area contributed by atoms with Crippen molar-refractivity contribution in [3.63, 3.8) is 0 Å². The van der Waals surface area contributed by atoms with Crippen LogP contribution in [-0.2, 0) is 25.9 Å². The first kappa shape index (κ1) is 22.3. The number of hydrogen-bond donors (Lipinski definition) is 0. The predicted octanol–water partition coefficient (Wildman–Crippen LogP) is 5.31. The van der Waals surface area contributed by atoms with Gasteiger partial charge in [-0.05, 0) is 35.6 Å².